The van der Waals surface area contributed by atoms with Gasteiger partial charge in [0, 0.05) is 93.0 Å². The molecule has 2 aliphatic heterocycles. The van der Waals surface area contributed by atoms with Crippen molar-refractivity contribution in [1.82, 2.24) is 45.5 Å². The standard InChI is InChI=1S/C76H97N13O14S/c1-48(2)64(84-61(90)19-8-7-11-30-88-62(91)26-27-63(88)92)68(95)81-58(17-13-29-78-70(77)98)67(94)80-52-22-20-50(21-23-52)40-102-72(99)86(6)32-33-100-34-35-101-36-37-103-76-44-73(4)41-74(5,45-76)43-75(42-73,46-76)47-89-49(3)55(38-79-89)53-24-25-60(83-65(53)69(96)97)87-31-28-51-14-12-15-54(56(51)39-87)66(93)85-71-82-57-16-9-10-18-59(57)104-71/h9-10,12,14-16,18,20-27,38,48,58,64,66,93H,7-8,11,13,17,19,28-37,39-47H2,1-6H3,(H,80,94)(H,81,95)(H,82,85)(H,84,90)(H,96,97)(H3,77,78,98)/t58-,64-,66?,73?,74?,75?,76?/m0/s1. The van der Waals surface area contributed by atoms with E-state index in [1.807, 2.05) is 55.5 Å². The number of para-hydroxylation sites is 1. The van der Waals surface area contributed by atoms with Crippen LogP contribution in [0.15, 0.2) is 97.2 Å². The Balaban J connectivity index is 0.596. The number of nitrogens with zero attached hydrogens (tertiary/aromatic N) is 7. The summed E-state index contributed by atoms with van der Waals surface area (Å²) in [6.45, 7) is 14.5. The number of nitrogens with two attached hydrogens (primary N) is 1. The zero-order valence-electron chi connectivity index (χ0n) is 60.1. The van der Waals surface area contributed by atoms with Crippen molar-refractivity contribution in [2.75, 3.05) is 81.8 Å². The van der Waals surface area contributed by atoms with Crippen LogP contribution in [0.1, 0.15) is 149 Å². The van der Waals surface area contributed by atoms with E-state index in [1.54, 1.807) is 51.4 Å². The number of anilines is 3. The molecule has 556 valence electrons. The molecule has 5 heterocycles. The highest BCUT2D eigenvalue weighted by Crippen LogP contribution is 2.72. The molecule has 27 nitrogen and oxygen atoms in total. The third-order valence-electron chi connectivity index (χ3n) is 20.6. The van der Waals surface area contributed by atoms with E-state index in [4.69, 9.17) is 34.8 Å². The van der Waals surface area contributed by atoms with Gasteiger partial charge in [0.25, 0.3) is 11.8 Å². The fourth-order valence-corrected chi connectivity index (χ4v) is 17.7. The van der Waals surface area contributed by atoms with Gasteiger partial charge in [-0.15, -0.1) is 0 Å². The lowest BCUT2D eigenvalue weighted by molar-refractivity contribution is -0.250. The van der Waals surface area contributed by atoms with Gasteiger partial charge in [0.1, 0.15) is 24.5 Å². The number of thiazole rings is 1. The molecule has 0 radical (unpaired) electrons. The smallest absolute Gasteiger partial charge is 0.409 e. The number of carboxylic acid groups (broad SMARTS) is 1. The minimum atomic E-state index is -1.12. The number of carboxylic acids is 1. The topological polar surface area (TPSA) is 353 Å². The van der Waals surface area contributed by atoms with Gasteiger partial charge in [-0.3, -0.25) is 33.6 Å². The first-order valence-electron chi connectivity index (χ1n) is 35.9. The number of pyridine rings is 1. The number of ether oxygens (including phenoxy) is 4. The van der Waals surface area contributed by atoms with Crippen LogP contribution in [-0.2, 0) is 69.0 Å². The lowest BCUT2D eigenvalue weighted by Crippen LogP contribution is -2.64. The number of fused-ring (bicyclic) bond motifs is 2. The molecule has 6 aliphatic rings. The lowest BCUT2D eigenvalue weighted by Gasteiger charge is -2.69. The number of carbonyl (C=O) groups is 8. The van der Waals surface area contributed by atoms with Gasteiger partial charge in [0.15, 0.2) is 17.1 Å². The van der Waals surface area contributed by atoms with E-state index in [-0.39, 0.29) is 96.9 Å². The predicted octanol–water partition coefficient (Wildman–Crippen LogP) is 9.16. The van der Waals surface area contributed by atoms with Gasteiger partial charge in [-0.25, -0.2) is 24.4 Å². The molecule has 12 rings (SSSR count). The summed E-state index contributed by atoms with van der Waals surface area (Å²) in [4.78, 5) is 116. The lowest BCUT2D eigenvalue weighted by atomic mass is 9.39. The molecule has 8 amide bonds. The number of primary amides is 1. The molecule has 3 unspecified atom stereocenters. The van der Waals surface area contributed by atoms with E-state index in [0.717, 1.165) is 81.6 Å². The first kappa shape index (κ1) is 75.8. The molecule has 4 fully saturated rings. The summed E-state index contributed by atoms with van der Waals surface area (Å²) >= 11 is 1.48. The zero-order chi connectivity index (χ0) is 73.9. The predicted molar refractivity (Wildman–Crippen MR) is 391 cm³/mol. The molecule has 3 aromatic carbocycles. The van der Waals surface area contributed by atoms with Crippen LogP contribution in [0.2, 0.25) is 0 Å². The van der Waals surface area contributed by atoms with Gasteiger partial charge in [-0.05, 0) is 153 Å². The Kier molecular flexibility index (Phi) is 24.2. The largest absolute Gasteiger partial charge is 0.476 e. The Hall–Kier alpha value is -9.35. The second kappa shape index (κ2) is 33.2. The maximum atomic E-state index is 13.7. The minimum Gasteiger partial charge on any atom is -0.476 e. The van der Waals surface area contributed by atoms with E-state index in [0.29, 0.717) is 106 Å². The van der Waals surface area contributed by atoms with E-state index in [2.05, 4.69) is 61.1 Å². The van der Waals surface area contributed by atoms with Crippen LogP contribution in [-0.4, -0.2) is 171 Å². The Morgan fingerprint density at radius 1 is 0.788 bits per heavy atom. The van der Waals surface area contributed by atoms with Crippen molar-refractivity contribution in [3.63, 3.8) is 0 Å². The highest BCUT2D eigenvalue weighted by atomic mass is 32.1. The van der Waals surface area contributed by atoms with Crippen LogP contribution in [0.25, 0.3) is 21.3 Å². The number of aliphatic hydroxyl groups is 1. The summed E-state index contributed by atoms with van der Waals surface area (Å²) in [5.41, 5.74) is 11.8. The number of imide groups is 1. The van der Waals surface area contributed by atoms with Gasteiger partial charge < -0.3 is 71.3 Å². The van der Waals surface area contributed by atoms with Crippen LogP contribution >= 0.6 is 11.3 Å². The van der Waals surface area contributed by atoms with E-state index in [9.17, 15) is 48.6 Å². The van der Waals surface area contributed by atoms with Crippen molar-refractivity contribution < 1.29 is 67.5 Å². The van der Waals surface area contributed by atoms with Gasteiger partial charge in [-0.1, -0.05) is 87.9 Å². The summed E-state index contributed by atoms with van der Waals surface area (Å²) < 4.78 is 27.5. The Morgan fingerprint density at radius 3 is 2.24 bits per heavy atom. The molecule has 104 heavy (non-hydrogen) atoms. The highest BCUT2D eigenvalue weighted by molar-refractivity contribution is 7.22. The third-order valence-corrected chi connectivity index (χ3v) is 21.6. The molecule has 0 saturated heterocycles. The molecule has 28 heteroatoms. The number of aromatic carboxylic acids is 1. The number of carbonyl (C=O) groups excluding carboxylic acids is 7. The second-order valence-corrected chi connectivity index (χ2v) is 30.7. The quantitative estimate of drug-likeness (QED) is 0.0103. The number of amides is 8. The molecule has 6 aromatic rings. The normalized spacial score (nSPS) is 21.0. The minimum absolute atomic E-state index is 0.0423. The van der Waals surface area contributed by atoms with Crippen LogP contribution in [0, 0.1) is 29.1 Å². The SMILES string of the molecule is Cc1c(-c2ccc(N3CCc4cccc(C(O)Nc5nc6ccccc6s5)c4C3)nc2C(=O)O)cnn1CC12CC3(C)CC(C)(C1)CC(OCCOCCOCCN(C)C(=O)OCc1ccc(NC(=O)[C@H](CCCNC(N)=O)NC(=O)[C@@H](NC(=O)CCCCCN4C(=O)C=CC4=O)C(C)C)cc1)(C3)C2. The van der Waals surface area contributed by atoms with E-state index < -0.39 is 48.2 Å². The number of benzene rings is 3. The van der Waals surface area contributed by atoms with Gasteiger partial charge >= 0.3 is 18.1 Å². The van der Waals surface area contributed by atoms with Crippen molar-refractivity contribution in [2.24, 2.45) is 27.9 Å². The molecule has 9 N–H and O–H groups in total. The summed E-state index contributed by atoms with van der Waals surface area (Å²) in [5.74, 6) is -3.10. The number of rotatable bonds is 36. The highest BCUT2D eigenvalue weighted by Gasteiger charge is 2.66. The van der Waals surface area contributed by atoms with Crippen molar-refractivity contribution in [2.45, 2.75) is 162 Å². The summed E-state index contributed by atoms with van der Waals surface area (Å²) in [5, 5.41) is 41.9. The summed E-state index contributed by atoms with van der Waals surface area (Å²) in [6.07, 6.45) is 11.5. The van der Waals surface area contributed by atoms with Crippen molar-refractivity contribution in [1.29, 1.82) is 0 Å². The number of unbranched alkanes of at least 4 members (excludes halogenated alkanes) is 2. The van der Waals surface area contributed by atoms with E-state index in [1.165, 1.54) is 28.4 Å². The van der Waals surface area contributed by atoms with Crippen LogP contribution < -0.4 is 37.2 Å². The zero-order valence-corrected chi connectivity index (χ0v) is 61.0. The first-order valence-corrected chi connectivity index (χ1v) is 36.8. The molecule has 0 spiro atoms. The second-order valence-electron chi connectivity index (χ2n) is 29.7. The van der Waals surface area contributed by atoms with Crippen molar-refractivity contribution in [3.05, 3.63) is 131 Å². The van der Waals surface area contributed by atoms with Gasteiger partial charge in [-0.2, -0.15) is 5.10 Å². The molecule has 4 saturated carbocycles. The summed E-state index contributed by atoms with van der Waals surface area (Å²) in [7, 11) is 1.62. The number of nitrogens with one attached hydrogen (secondary N) is 5. The van der Waals surface area contributed by atoms with Crippen LogP contribution in [0.3, 0.4) is 0 Å². The first-order chi connectivity index (χ1) is 49.8. The average molecular weight is 1450 g/mol. The summed E-state index contributed by atoms with van der Waals surface area (Å²) in [6, 6.07) is 21.5. The van der Waals surface area contributed by atoms with Gasteiger partial charge in [0.05, 0.1) is 55.0 Å². The Bertz CT molecular complexity index is 4090. The van der Waals surface area contributed by atoms with Crippen LogP contribution in [0.4, 0.5) is 26.2 Å². The maximum absolute atomic E-state index is 13.7. The number of likely N-dealkylation sites (N-methyl/N-ethyl adjacent to an activating group) is 1. The molecular formula is C76H97N13O14S. The molecule has 4 aliphatic carbocycles. The average Bonchev–Trinajstić information content (AvgIpc) is 0.723. The molecule has 3 aromatic heterocycles. The number of urea groups is 1. The van der Waals surface area contributed by atoms with E-state index >= 15 is 0 Å². The third kappa shape index (κ3) is 18.8. The fourth-order valence-electron chi connectivity index (χ4n) is 16.8. The Labute approximate surface area is 609 Å². The monoisotopic (exact) mass is 1450 g/mol. The number of aliphatic hydroxyl groups excluding tert-OH is 1. The molecule has 5 atom stereocenters. The molecular weight excluding hydrogens is 1350 g/mol. The maximum Gasteiger partial charge on any atom is 0.409 e. The van der Waals surface area contributed by atoms with Gasteiger partial charge in [0.2, 0.25) is 17.7 Å². The molecule has 4 bridgehead atoms. The number of hydrogen-bond acceptors (Lipinski definition) is 19. The fraction of sp³-hybridized carbons (Fsp3) is 0.513. The Morgan fingerprint density at radius 2 is 1.52 bits per heavy atom. The van der Waals surface area contributed by atoms with Crippen molar-refractivity contribution >= 4 is 85.8 Å². The van der Waals surface area contributed by atoms with Crippen LogP contribution in [0.5, 0.6) is 0 Å². The van der Waals surface area contributed by atoms with Crippen molar-refractivity contribution in [3.8, 4) is 11.1 Å². The number of aromatic nitrogens is 4. The number of hydrogen-bond donors (Lipinski definition) is 8.